The second-order valence-electron chi connectivity index (χ2n) is 5.06. The van der Waals surface area contributed by atoms with Crippen LogP contribution in [0.25, 0.3) is 0 Å². The van der Waals surface area contributed by atoms with Crippen LogP contribution in [0.3, 0.4) is 0 Å². The van der Waals surface area contributed by atoms with Gasteiger partial charge in [0.05, 0.1) is 0 Å². The third-order valence-electron chi connectivity index (χ3n) is 3.37. The van der Waals surface area contributed by atoms with Gasteiger partial charge in [-0.05, 0) is 32.1 Å². The lowest BCUT2D eigenvalue weighted by atomic mass is 9.86. The summed E-state index contributed by atoms with van der Waals surface area (Å²) in [6.45, 7) is 7.05. The summed E-state index contributed by atoms with van der Waals surface area (Å²) in [5.41, 5.74) is -0.472. The molecule has 1 aliphatic rings. The van der Waals surface area contributed by atoms with Crippen molar-refractivity contribution in [3.63, 3.8) is 0 Å². The molecule has 0 amide bonds. The molecule has 1 aliphatic heterocycles. The molecule has 0 aromatic rings. The minimum absolute atomic E-state index is 0.308. The molecule has 2 heteroatoms. The summed E-state index contributed by atoms with van der Waals surface area (Å²) >= 11 is 0. The van der Waals surface area contributed by atoms with E-state index in [0.717, 1.165) is 38.7 Å². The zero-order chi connectivity index (χ0) is 11.3. The molecule has 2 unspecified atom stereocenters. The Morgan fingerprint density at radius 2 is 2.20 bits per heavy atom. The van der Waals surface area contributed by atoms with Crippen LogP contribution in [0.1, 0.15) is 59.3 Å². The quantitative estimate of drug-likeness (QED) is 0.698. The number of hydrogen-bond donors (Lipinski definition) is 0. The van der Waals surface area contributed by atoms with E-state index in [1.54, 1.807) is 0 Å². The van der Waals surface area contributed by atoms with E-state index in [2.05, 4.69) is 13.8 Å². The van der Waals surface area contributed by atoms with Crippen molar-refractivity contribution in [1.29, 1.82) is 0 Å². The van der Waals surface area contributed by atoms with Crippen LogP contribution in [-0.4, -0.2) is 18.0 Å². The Morgan fingerprint density at radius 3 is 2.73 bits per heavy atom. The van der Waals surface area contributed by atoms with Crippen molar-refractivity contribution < 1.29 is 9.53 Å². The number of carbonyl (C=O) groups excluding carboxylic acids is 1. The first-order valence-electron chi connectivity index (χ1n) is 6.25. The molecule has 2 atom stereocenters. The van der Waals surface area contributed by atoms with Gasteiger partial charge < -0.3 is 4.74 Å². The zero-order valence-electron chi connectivity index (χ0n) is 10.3. The molecule has 1 heterocycles. The molecule has 0 saturated carbocycles. The van der Waals surface area contributed by atoms with E-state index in [1.165, 1.54) is 0 Å². The highest BCUT2D eigenvalue weighted by molar-refractivity contribution is 5.87. The summed E-state index contributed by atoms with van der Waals surface area (Å²) in [6.07, 6.45) is 6.13. The molecular weight excluding hydrogens is 188 g/mol. The maximum atomic E-state index is 12.1. The topological polar surface area (TPSA) is 26.3 Å². The lowest BCUT2D eigenvalue weighted by Crippen LogP contribution is -2.41. The van der Waals surface area contributed by atoms with Crippen molar-refractivity contribution in [3.8, 4) is 0 Å². The Bertz CT molecular complexity index is 205. The first kappa shape index (κ1) is 12.7. The molecule has 0 N–H and O–H groups in total. The van der Waals surface area contributed by atoms with Gasteiger partial charge in [-0.3, -0.25) is 4.79 Å². The fraction of sp³-hybridized carbons (Fsp3) is 0.923. The predicted molar refractivity (Wildman–Crippen MR) is 61.9 cm³/mol. The van der Waals surface area contributed by atoms with E-state index in [0.29, 0.717) is 18.1 Å². The van der Waals surface area contributed by atoms with Gasteiger partial charge in [-0.1, -0.05) is 26.7 Å². The fourth-order valence-corrected chi connectivity index (χ4v) is 2.28. The summed E-state index contributed by atoms with van der Waals surface area (Å²) < 4.78 is 5.66. The molecule has 0 radical (unpaired) electrons. The van der Waals surface area contributed by atoms with Gasteiger partial charge in [-0.2, -0.15) is 0 Å². The van der Waals surface area contributed by atoms with Gasteiger partial charge in [-0.15, -0.1) is 0 Å². The summed E-state index contributed by atoms with van der Waals surface area (Å²) in [7, 11) is 0. The van der Waals surface area contributed by atoms with Gasteiger partial charge in [0.2, 0.25) is 0 Å². The molecule has 0 bridgehead atoms. The highest BCUT2D eigenvalue weighted by Gasteiger charge is 2.35. The van der Waals surface area contributed by atoms with Gasteiger partial charge in [-0.25, -0.2) is 0 Å². The van der Waals surface area contributed by atoms with E-state index in [9.17, 15) is 4.79 Å². The van der Waals surface area contributed by atoms with Crippen LogP contribution in [-0.2, 0) is 9.53 Å². The maximum absolute atomic E-state index is 12.1. The standard InChI is InChI=1S/C13H24O2/c1-4-7-11(2)10-12(14)13(3)8-5-6-9-15-13/h11H,4-10H2,1-3H3. The molecular formula is C13H24O2. The minimum atomic E-state index is -0.472. The van der Waals surface area contributed by atoms with Gasteiger partial charge in [0.15, 0.2) is 5.78 Å². The Balaban J connectivity index is 2.44. The minimum Gasteiger partial charge on any atom is -0.368 e. The van der Waals surface area contributed by atoms with Crippen LogP contribution in [0.5, 0.6) is 0 Å². The van der Waals surface area contributed by atoms with Crippen molar-refractivity contribution in [2.24, 2.45) is 5.92 Å². The van der Waals surface area contributed by atoms with Gasteiger partial charge in [0, 0.05) is 13.0 Å². The van der Waals surface area contributed by atoms with Crippen LogP contribution < -0.4 is 0 Å². The number of carbonyl (C=O) groups is 1. The molecule has 0 aromatic heterocycles. The van der Waals surface area contributed by atoms with E-state index >= 15 is 0 Å². The molecule has 1 fully saturated rings. The van der Waals surface area contributed by atoms with Gasteiger partial charge in [0.1, 0.15) is 5.60 Å². The van der Waals surface area contributed by atoms with Crippen LogP contribution in [0.2, 0.25) is 0 Å². The third kappa shape index (κ3) is 3.60. The highest BCUT2D eigenvalue weighted by Crippen LogP contribution is 2.28. The average molecular weight is 212 g/mol. The van der Waals surface area contributed by atoms with E-state index < -0.39 is 5.60 Å². The number of rotatable bonds is 5. The molecule has 2 nitrogen and oxygen atoms in total. The third-order valence-corrected chi connectivity index (χ3v) is 3.37. The van der Waals surface area contributed by atoms with Crippen molar-refractivity contribution in [3.05, 3.63) is 0 Å². The number of ether oxygens (including phenoxy) is 1. The van der Waals surface area contributed by atoms with Crippen molar-refractivity contribution >= 4 is 5.78 Å². The Hall–Kier alpha value is -0.370. The number of Topliss-reactive ketones (excluding diaryl/α,β-unsaturated/α-hetero) is 1. The first-order valence-corrected chi connectivity index (χ1v) is 6.25. The van der Waals surface area contributed by atoms with Crippen LogP contribution in [0, 0.1) is 5.92 Å². The van der Waals surface area contributed by atoms with Crippen molar-refractivity contribution in [2.75, 3.05) is 6.61 Å². The normalized spacial score (nSPS) is 28.7. The van der Waals surface area contributed by atoms with Crippen molar-refractivity contribution in [1.82, 2.24) is 0 Å². The average Bonchev–Trinajstić information content (AvgIpc) is 2.19. The molecule has 0 spiro atoms. The molecule has 1 rings (SSSR count). The van der Waals surface area contributed by atoms with E-state index in [1.807, 2.05) is 6.92 Å². The Labute approximate surface area is 93.4 Å². The van der Waals surface area contributed by atoms with Gasteiger partial charge in [0.25, 0.3) is 0 Å². The Morgan fingerprint density at radius 1 is 1.47 bits per heavy atom. The SMILES string of the molecule is CCCC(C)CC(=O)C1(C)CCCCO1. The molecule has 0 aromatic carbocycles. The van der Waals surface area contributed by atoms with Crippen LogP contribution in [0.15, 0.2) is 0 Å². The lowest BCUT2D eigenvalue weighted by molar-refractivity contribution is -0.149. The summed E-state index contributed by atoms with van der Waals surface area (Å²) in [5, 5.41) is 0. The van der Waals surface area contributed by atoms with E-state index in [-0.39, 0.29) is 0 Å². The monoisotopic (exact) mass is 212 g/mol. The lowest BCUT2D eigenvalue weighted by Gasteiger charge is -2.33. The molecule has 88 valence electrons. The number of hydrogen-bond acceptors (Lipinski definition) is 2. The second kappa shape index (κ2) is 5.64. The molecule has 15 heavy (non-hydrogen) atoms. The summed E-state index contributed by atoms with van der Waals surface area (Å²) in [5.74, 6) is 0.813. The van der Waals surface area contributed by atoms with Crippen molar-refractivity contribution in [2.45, 2.75) is 64.9 Å². The van der Waals surface area contributed by atoms with Crippen LogP contribution >= 0.6 is 0 Å². The summed E-state index contributed by atoms with van der Waals surface area (Å²) in [4.78, 5) is 12.1. The predicted octanol–water partition coefficient (Wildman–Crippen LogP) is 3.34. The second-order valence-corrected chi connectivity index (χ2v) is 5.06. The molecule has 0 aliphatic carbocycles. The van der Waals surface area contributed by atoms with Crippen LogP contribution in [0.4, 0.5) is 0 Å². The number of ketones is 1. The van der Waals surface area contributed by atoms with E-state index in [4.69, 9.17) is 4.74 Å². The Kier molecular flexibility index (Phi) is 4.78. The molecule has 1 saturated heterocycles. The largest absolute Gasteiger partial charge is 0.368 e. The first-order chi connectivity index (χ1) is 7.08. The maximum Gasteiger partial charge on any atom is 0.164 e. The highest BCUT2D eigenvalue weighted by atomic mass is 16.5. The smallest absolute Gasteiger partial charge is 0.164 e. The van der Waals surface area contributed by atoms with Gasteiger partial charge >= 0.3 is 0 Å². The fourth-order valence-electron chi connectivity index (χ4n) is 2.28. The summed E-state index contributed by atoms with van der Waals surface area (Å²) in [6, 6.07) is 0. The zero-order valence-corrected chi connectivity index (χ0v) is 10.3.